The average molecular weight is 893 g/mol. The van der Waals surface area contributed by atoms with Gasteiger partial charge in [-0.3, -0.25) is 14.4 Å². The van der Waals surface area contributed by atoms with Crippen LogP contribution in [-0.4, -0.2) is 37.2 Å². The first-order valence-electron chi connectivity index (χ1n) is 26.9. The molecule has 64 heavy (non-hydrogen) atoms. The molecule has 1 unspecified atom stereocenters. The summed E-state index contributed by atoms with van der Waals surface area (Å²) in [7, 11) is 0. The molecule has 6 nitrogen and oxygen atoms in total. The molecule has 0 saturated carbocycles. The molecule has 368 valence electrons. The van der Waals surface area contributed by atoms with Crippen molar-refractivity contribution in [2.75, 3.05) is 13.2 Å². The number of hydrogen-bond acceptors (Lipinski definition) is 6. The lowest BCUT2D eigenvalue weighted by atomic mass is 10.0. The largest absolute Gasteiger partial charge is 0.462 e. The van der Waals surface area contributed by atoms with Gasteiger partial charge in [-0.05, 0) is 83.5 Å². The molecule has 0 spiro atoms. The Kier molecular flexibility index (Phi) is 49.9. The van der Waals surface area contributed by atoms with E-state index in [4.69, 9.17) is 14.2 Å². The summed E-state index contributed by atoms with van der Waals surface area (Å²) in [5.41, 5.74) is 0. The molecule has 0 heterocycles. The summed E-state index contributed by atoms with van der Waals surface area (Å²) < 4.78 is 16.8. The highest BCUT2D eigenvalue weighted by molar-refractivity contribution is 5.71. The van der Waals surface area contributed by atoms with Crippen LogP contribution in [0.4, 0.5) is 0 Å². The van der Waals surface area contributed by atoms with Crippen LogP contribution in [0.5, 0.6) is 0 Å². The van der Waals surface area contributed by atoms with Crippen LogP contribution in [0.3, 0.4) is 0 Å². The first-order chi connectivity index (χ1) is 31.5. The summed E-state index contributed by atoms with van der Waals surface area (Å²) >= 11 is 0. The van der Waals surface area contributed by atoms with E-state index in [1.54, 1.807) is 0 Å². The number of carbonyl (C=O) groups excluding carboxylic acids is 3. The predicted molar refractivity (Wildman–Crippen MR) is 274 cm³/mol. The van der Waals surface area contributed by atoms with Crippen molar-refractivity contribution in [2.24, 2.45) is 0 Å². The lowest BCUT2D eigenvalue weighted by Crippen LogP contribution is -2.30. The second-order valence-electron chi connectivity index (χ2n) is 17.8. The third-order valence-electron chi connectivity index (χ3n) is 11.4. The van der Waals surface area contributed by atoms with E-state index in [0.29, 0.717) is 19.3 Å². The van der Waals surface area contributed by atoms with Crippen LogP contribution in [0.15, 0.2) is 72.9 Å². The van der Waals surface area contributed by atoms with Gasteiger partial charge in [-0.2, -0.15) is 0 Å². The second-order valence-corrected chi connectivity index (χ2v) is 17.8. The number of esters is 3. The third-order valence-corrected chi connectivity index (χ3v) is 11.4. The highest BCUT2D eigenvalue weighted by Crippen LogP contribution is 2.15. The van der Waals surface area contributed by atoms with Gasteiger partial charge in [-0.25, -0.2) is 0 Å². The zero-order chi connectivity index (χ0) is 46.5. The molecular formula is C58H100O6. The smallest absolute Gasteiger partial charge is 0.306 e. The summed E-state index contributed by atoms with van der Waals surface area (Å²) in [4.78, 5) is 38.0. The van der Waals surface area contributed by atoms with Crippen LogP contribution in [0.2, 0.25) is 0 Å². The minimum absolute atomic E-state index is 0.0892. The number of unbranched alkanes of at least 4 members (excludes halogenated alkanes) is 25. The Bertz CT molecular complexity index is 1210. The molecule has 0 aromatic carbocycles. The number of rotatable bonds is 48. The van der Waals surface area contributed by atoms with Gasteiger partial charge in [0.05, 0.1) is 0 Å². The SMILES string of the molecule is CC/C=C\C/C=C\C/C=C\C/C=C\CCCCCCC(=O)OCC(COC(=O)CCCCCCC/C=C\C/C=C\CCC)OC(=O)CCCCCCCCCCCCCCCCCC. The van der Waals surface area contributed by atoms with Crippen molar-refractivity contribution < 1.29 is 28.6 Å². The molecule has 0 aliphatic carbocycles. The molecule has 0 rings (SSSR count). The van der Waals surface area contributed by atoms with Gasteiger partial charge in [-0.1, -0.05) is 229 Å². The maximum Gasteiger partial charge on any atom is 0.306 e. The Morgan fingerprint density at radius 2 is 0.641 bits per heavy atom. The monoisotopic (exact) mass is 893 g/mol. The third kappa shape index (κ3) is 49.9. The van der Waals surface area contributed by atoms with Gasteiger partial charge < -0.3 is 14.2 Å². The zero-order valence-corrected chi connectivity index (χ0v) is 42.0. The topological polar surface area (TPSA) is 78.9 Å². The molecule has 0 aliphatic rings. The molecular weight excluding hydrogens is 793 g/mol. The van der Waals surface area contributed by atoms with Gasteiger partial charge in [0.15, 0.2) is 6.10 Å². The second kappa shape index (κ2) is 52.5. The summed E-state index contributed by atoms with van der Waals surface area (Å²) in [6.07, 6.45) is 66.0. The maximum absolute atomic E-state index is 12.8. The van der Waals surface area contributed by atoms with Crippen LogP contribution >= 0.6 is 0 Å². The van der Waals surface area contributed by atoms with E-state index in [9.17, 15) is 14.4 Å². The molecule has 0 saturated heterocycles. The average Bonchev–Trinajstić information content (AvgIpc) is 3.29. The first-order valence-corrected chi connectivity index (χ1v) is 26.9. The Morgan fingerprint density at radius 3 is 1.02 bits per heavy atom. The summed E-state index contributed by atoms with van der Waals surface area (Å²) in [5, 5.41) is 0. The van der Waals surface area contributed by atoms with E-state index in [-0.39, 0.29) is 31.1 Å². The molecule has 0 fully saturated rings. The van der Waals surface area contributed by atoms with E-state index < -0.39 is 6.10 Å². The fourth-order valence-corrected chi connectivity index (χ4v) is 7.41. The predicted octanol–water partition coefficient (Wildman–Crippen LogP) is 17.8. The summed E-state index contributed by atoms with van der Waals surface area (Å²) in [6, 6.07) is 0. The number of ether oxygens (including phenoxy) is 3. The van der Waals surface area contributed by atoms with Crippen LogP contribution in [0.25, 0.3) is 0 Å². The normalized spacial score (nSPS) is 12.6. The molecule has 0 aromatic rings. The van der Waals surface area contributed by atoms with Crippen molar-refractivity contribution in [3.05, 3.63) is 72.9 Å². The standard InChI is InChI=1S/C58H100O6/c1-4-7-10-13-16-19-22-25-27-29-31-33-36-39-42-45-48-51-57(60)63-54-55(53-62-56(59)50-47-44-41-38-35-32-24-21-18-15-12-9-6-3)64-58(61)52-49-46-43-40-37-34-30-28-26-23-20-17-14-11-8-5-2/h7,10,12,15-16,19,21,24-25,27,31,33,55H,4-6,8-9,11,13-14,17-18,20,22-23,26,28-30,32,34-54H2,1-3H3/b10-7-,15-12-,19-16-,24-21-,27-25-,33-31-. The number of carbonyl (C=O) groups is 3. The molecule has 0 N–H and O–H groups in total. The van der Waals surface area contributed by atoms with E-state index in [1.165, 1.54) is 89.9 Å². The van der Waals surface area contributed by atoms with Gasteiger partial charge in [0, 0.05) is 19.3 Å². The van der Waals surface area contributed by atoms with E-state index >= 15 is 0 Å². The van der Waals surface area contributed by atoms with Crippen molar-refractivity contribution in [3.8, 4) is 0 Å². The van der Waals surface area contributed by atoms with E-state index in [1.807, 2.05) is 0 Å². The van der Waals surface area contributed by atoms with Crippen molar-refractivity contribution in [1.82, 2.24) is 0 Å². The fourth-order valence-electron chi connectivity index (χ4n) is 7.41. The van der Waals surface area contributed by atoms with Crippen molar-refractivity contribution >= 4 is 17.9 Å². The number of hydrogen-bond donors (Lipinski definition) is 0. The lowest BCUT2D eigenvalue weighted by molar-refractivity contribution is -0.167. The van der Waals surface area contributed by atoms with E-state index in [2.05, 4.69) is 93.7 Å². The number of allylic oxidation sites excluding steroid dienone is 12. The Morgan fingerprint density at radius 1 is 0.328 bits per heavy atom. The van der Waals surface area contributed by atoms with Crippen LogP contribution < -0.4 is 0 Å². The van der Waals surface area contributed by atoms with Crippen LogP contribution in [-0.2, 0) is 28.6 Å². The minimum Gasteiger partial charge on any atom is -0.462 e. The van der Waals surface area contributed by atoms with Gasteiger partial charge in [0.1, 0.15) is 13.2 Å². The molecule has 0 amide bonds. The lowest BCUT2D eigenvalue weighted by Gasteiger charge is -2.18. The van der Waals surface area contributed by atoms with Crippen LogP contribution in [0, 0.1) is 0 Å². The minimum atomic E-state index is -0.789. The maximum atomic E-state index is 12.8. The first kappa shape index (κ1) is 60.9. The highest BCUT2D eigenvalue weighted by atomic mass is 16.6. The highest BCUT2D eigenvalue weighted by Gasteiger charge is 2.19. The molecule has 0 bridgehead atoms. The van der Waals surface area contributed by atoms with Gasteiger partial charge in [0.2, 0.25) is 0 Å². The van der Waals surface area contributed by atoms with Crippen molar-refractivity contribution in [1.29, 1.82) is 0 Å². The molecule has 0 aromatic heterocycles. The quantitative estimate of drug-likeness (QED) is 0.0262. The van der Waals surface area contributed by atoms with Crippen LogP contribution in [0.1, 0.15) is 258 Å². The molecule has 0 aliphatic heterocycles. The summed E-state index contributed by atoms with van der Waals surface area (Å²) in [5.74, 6) is -0.920. The van der Waals surface area contributed by atoms with Gasteiger partial charge in [0.25, 0.3) is 0 Å². The fraction of sp³-hybridized carbons (Fsp3) is 0.741. The van der Waals surface area contributed by atoms with E-state index in [0.717, 1.165) is 128 Å². The molecule has 0 radical (unpaired) electrons. The van der Waals surface area contributed by atoms with Gasteiger partial charge in [-0.15, -0.1) is 0 Å². The Labute approximate surface area is 395 Å². The zero-order valence-electron chi connectivity index (χ0n) is 42.0. The molecule has 1 atom stereocenters. The van der Waals surface area contributed by atoms with Gasteiger partial charge >= 0.3 is 17.9 Å². The van der Waals surface area contributed by atoms with Crippen molar-refractivity contribution in [2.45, 2.75) is 264 Å². The molecule has 6 heteroatoms. The Hall–Kier alpha value is -3.15. The Balaban J connectivity index is 4.42. The van der Waals surface area contributed by atoms with Crippen molar-refractivity contribution in [3.63, 3.8) is 0 Å². The summed E-state index contributed by atoms with van der Waals surface area (Å²) in [6.45, 7) is 6.44.